The molecule has 0 fully saturated rings. The zero-order chi connectivity index (χ0) is 10.7. The van der Waals surface area contributed by atoms with Crippen LogP contribution in [0.1, 0.15) is 17.5 Å². The summed E-state index contributed by atoms with van der Waals surface area (Å²) in [5.41, 5.74) is 1.17. The lowest BCUT2D eigenvalue weighted by Crippen LogP contribution is -1.92. The van der Waals surface area contributed by atoms with Crippen LogP contribution in [-0.2, 0) is 6.42 Å². The largest absolute Gasteiger partial charge is 0.316 e. The Morgan fingerprint density at radius 1 is 1.40 bits per heavy atom. The SMILES string of the molecule is CCc1nc(Nc2ccccn2)sc1C. The fourth-order valence-corrected chi connectivity index (χ4v) is 2.27. The van der Waals surface area contributed by atoms with Crippen molar-refractivity contribution in [2.24, 2.45) is 0 Å². The third-order valence-corrected chi connectivity index (χ3v) is 3.06. The topological polar surface area (TPSA) is 37.8 Å². The van der Waals surface area contributed by atoms with E-state index >= 15 is 0 Å². The molecular weight excluding hydrogens is 206 g/mol. The number of aryl methyl sites for hydroxylation is 2. The van der Waals surface area contributed by atoms with Crippen molar-refractivity contribution in [3.05, 3.63) is 35.0 Å². The van der Waals surface area contributed by atoms with Gasteiger partial charge in [-0.2, -0.15) is 0 Å². The summed E-state index contributed by atoms with van der Waals surface area (Å²) in [6.45, 7) is 4.21. The van der Waals surface area contributed by atoms with E-state index in [2.05, 4.69) is 29.1 Å². The van der Waals surface area contributed by atoms with Crippen LogP contribution in [0.5, 0.6) is 0 Å². The van der Waals surface area contributed by atoms with E-state index < -0.39 is 0 Å². The lowest BCUT2D eigenvalue weighted by Gasteiger charge is -1.98. The van der Waals surface area contributed by atoms with Crippen molar-refractivity contribution in [1.82, 2.24) is 9.97 Å². The van der Waals surface area contributed by atoms with Crippen molar-refractivity contribution < 1.29 is 0 Å². The molecule has 78 valence electrons. The van der Waals surface area contributed by atoms with Gasteiger partial charge in [-0.05, 0) is 25.5 Å². The van der Waals surface area contributed by atoms with Crippen molar-refractivity contribution >= 4 is 22.3 Å². The van der Waals surface area contributed by atoms with Gasteiger partial charge in [0.05, 0.1) is 5.69 Å². The maximum atomic E-state index is 4.49. The molecule has 0 aliphatic rings. The maximum absolute atomic E-state index is 4.49. The summed E-state index contributed by atoms with van der Waals surface area (Å²) in [5, 5.41) is 4.12. The summed E-state index contributed by atoms with van der Waals surface area (Å²) in [6, 6.07) is 5.79. The molecule has 15 heavy (non-hydrogen) atoms. The molecule has 2 heterocycles. The Morgan fingerprint density at radius 2 is 2.27 bits per heavy atom. The standard InChI is InChI=1S/C11H13N3S/c1-3-9-8(2)15-11(13-9)14-10-6-4-5-7-12-10/h4-7H,3H2,1-2H3,(H,12,13,14). The first-order valence-electron chi connectivity index (χ1n) is 4.94. The van der Waals surface area contributed by atoms with Crippen molar-refractivity contribution in [3.8, 4) is 0 Å². The number of aromatic nitrogens is 2. The van der Waals surface area contributed by atoms with E-state index in [0.717, 1.165) is 17.4 Å². The van der Waals surface area contributed by atoms with Crippen LogP contribution in [0.25, 0.3) is 0 Å². The summed E-state index contributed by atoms with van der Waals surface area (Å²) >= 11 is 1.67. The zero-order valence-corrected chi connectivity index (χ0v) is 9.64. The first-order chi connectivity index (χ1) is 7.29. The molecule has 0 amide bonds. The molecule has 0 aliphatic carbocycles. The average Bonchev–Trinajstić information content (AvgIpc) is 2.60. The Kier molecular flexibility index (Phi) is 2.97. The molecule has 2 rings (SSSR count). The lowest BCUT2D eigenvalue weighted by atomic mass is 10.3. The van der Waals surface area contributed by atoms with Gasteiger partial charge in [0.15, 0.2) is 5.13 Å². The zero-order valence-electron chi connectivity index (χ0n) is 8.82. The highest BCUT2D eigenvalue weighted by atomic mass is 32.1. The molecule has 0 atom stereocenters. The van der Waals surface area contributed by atoms with Crippen molar-refractivity contribution in [3.63, 3.8) is 0 Å². The number of pyridine rings is 1. The highest BCUT2D eigenvalue weighted by molar-refractivity contribution is 7.15. The van der Waals surface area contributed by atoms with E-state index in [9.17, 15) is 0 Å². The number of rotatable bonds is 3. The van der Waals surface area contributed by atoms with Gasteiger partial charge in [-0.15, -0.1) is 11.3 Å². The summed E-state index contributed by atoms with van der Waals surface area (Å²) < 4.78 is 0. The summed E-state index contributed by atoms with van der Waals surface area (Å²) in [7, 11) is 0. The second-order valence-corrected chi connectivity index (χ2v) is 4.42. The molecule has 2 aromatic rings. The van der Waals surface area contributed by atoms with Gasteiger partial charge >= 0.3 is 0 Å². The Balaban J connectivity index is 2.18. The highest BCUT2D eigenvalue weighted by Crippen LogP contribution is 2.24. The van der Waals surface area contributed by atoms with Crippen LogP contribution in [0, 0.1) is 6.92 Å². The minimum atomic E-state index is 0.842. The van der Waals surface area contributed by atoms with Gasteiger partial charge in [-0.25, -0.2) is 9.97 Å². The molecule has 2 aromatic heterocycles. The molecule has 1 N–H and O–H groups in total. The molecule has 0 saturated heterocycles. The van der Waals surface area contributed by atoms with Gasteiger partial charge in [0.25, 0.3) is 0 Å². The number of nitrogens with zero attached hydrogens (tertiary/aromatic N) is 2. The Labute approximate surface area is 93.2 Å². The van der Waals surface area contributed by atoms with Gasteiger partial charge < -0.3 is 5.32 Å². The average molecular weight is 219 g/mol. The van der Waals surface area contributed by atoms with E-state index in [1.165, 1.54) is 10.6 Å². The molecule has 0 saturated carbocycles. The van der Waals surface area contributed by atoms with E-state index in [4.69, 9.17) is 0 Å². The quantitative estimate of drug-likeness (QED) is 0.861. The molecule has 0 spiro atoms. The smallest absolute Gasteiger partial charge is 0.188 e. The van der Waals surface area contributed by atoms with Gasteiger partial charge in [-0.1, -0.05) is 13.0 Å². The van der Waals surface area contributed by atoms with E-state index in [-0.39, 0.29) is 0 Å². The number of hydrogen-bond acceptors (Lipinski definition) is 4. The highest BCUT2D eigenvalue weighted by Gasteiger charge is 2.05. The molecule has 0 aromatic carbocycles. The molecule has 3 nitrogen and oxygen atoms in total. The molecular formula is C11H13N3S. The molecule has 0 aliphatic heterocycles. The van der Waals surface area contributed by atoms with Crippen molar-refractivity contribution in [2.75, 3.05) is 5.32 Å². The van der Waals surface area contributed by atoms with Crippen LogP contribution in [0.15, 0.2) is 24.4 Å². The van der Waals surface area contributed by atoms with Crippen LogP contribution >= 0.6 is 11.3 Å². The van der Waals surface area contributed by atoms with E-state index in [0.29, 0.717) is 0 Å². The van der Waals surface area contributed by atoms with Crippen LogP contribution in [0.3, 0.4) is 0 Å². The number of hydrogen-bond donors (Lipinski definition) is 1. The fourth-order valence-electron chi connectivity index (χ4n) is 1.36. The first-order valence-corrected chi connectivity index (χ1v) is 5.75. The summed E-state index contributed by atoms with van der Waals surface area (Å²) in [5.74, 6) is 0.842. The fraction of sp³-hybridized carbons (Fsp3) is 0.273. The lowest BCUT2D eigenvalue weighted by molar-refractivity contribution is 1.04. The second-order valence-electron chi connectivity index (χ2n) is 3.22. The normalized spacial score (nSPS) is 10.3. The van der Waals surface area contributed by atoms with Crippen LogP contribution < -0.4 is 5.32 Å². The predicted molar refractivity (Wildman–Crippen MR) is 63.7 cm³/mol. The van der Waals surface area contributed by atoms with Crippen LogP contribution in [0.4, 0.5) is 10.9 Å². The maximum Gasteiger partial charge on any atom is 0.188 e. The number of nitrogens with one attached hydrogen (secondary N) is 1. The third-order valence-electron chi connectivity index (χ3n) is 2.13. The van der Waals surface area contributed by atoms with Gasteiger partial charge in [0.2, 0.25) is 0 Å². The molecule has 0 bridgehead atoms. The number of anilines is 2. The van der Waals surface area contributed by atoms with E-state index in [1.807, 2.05) is 18.2 Å². The van der Waals surface area contributed by atoms with Crippen molar-refractivity contribution in [1.29, 1.82) is 0 Å². The van der Waals surface area contributed by atoms with Crippen LogP contribution in [-0.4, -0.2) is 9.97 Å². The number of thiazole rings is 1. The van der Waals surface area contributed by atoms with Gasteiger partial charge in [-0.3, -0.25) is 0 Å². The summed E-state index contributed by atoms with van der Waals surface area (Å²) in [4.78, 5) is 9.96. The minimum absolute atomic E-state index is 0.842. The predicted octanol–water partition coefficient (Wildman–Crippen LogP) is 3.15. The minimum Gasteiger partial charge on any atom is -0.316 e. The Bertz CT molecular complexity index is 436. The van der Waals surface area contributed by atoms with E-state index in [1.54, 1.807) is 17.5 Å². The van der Waals surface area contributed by atoms with Crippen molar-refractivity contribution in [2.45, 2.75) is 20.3 Å². The Hall–Kier alpha value is -1.42. The molecule has 0 unspecified atom stereocenters. The Morgan fingerprint density at radius 3 is 2.87 bits per heavy atom. The summed E-state index contributed by atoms with van der Waals surface area (Å²) in [6.07, 6.45) is 2.75. The monoisotopic (exact) mass is 219 g/mol. The van der Waals surface area contributed by atoms with Gasteiger partial charge in [0, 0.05) is 11.1 Å². The first kappa shape index (κ1) is 10.1. The van der Waals surface area contributed by atoms with Crippen LogP contribution in [0.2, 0.25) is 0 Å². The molecule has 0 radical (unpaired) electrons. The molecule has 4 heteroatoms. The van der Waals surface area contributed by atoms with Gasteiger partial charge in [0.1, 0.15) is 5.82 Å². The second kappa shape index (κ2) is 4.40. The third kappa shape index (κ3) is 2.33.